The minimum atomic E-state index is -1.05. The van der Waals surface area contributed by atoms with E-state index in [1.165, 1.54) is 12.1 Å². The molecule has 0 saturated carbocycles. The molecule has 0 aromatic heterocycles. The number of phenols is 2. The minimum Gasteiger partial charge on any atom is -0.508 e. The highest BCUT2D eigenvalue weighted by Crippen LogP contribution is 2.31. The van der Waals surface area contributed by atoms with Crippen molar-refractivity contribution in [2.75, 3.05) is 0 Å². The van der Waals surface area contributed by atoms with Crippen molar-refractivity contribution in [1.82, 2.24) is 0 Å². The van der Waals surface area contributed by atoms with Crippen molar-refractivity contribution in [3.8, 4) is 22.6 Å². The van der Waals surface area contributed by atoms with Crippen LogP contribution in [0.25, 0.3) is 11.1 Å². The summed E-state index contributed by atoms with van der Waals surface area (Å²) in [5, 5.41) is 20.6. The number of aromatic hydroxyl groups is 2. The van der Waals surface area contributed by atoms with Crippen LogP contribution in [0.5, 0.6) is 11.5 Å². The van der Waals surface area contributed by atoms with Crippen LogP contribution in [-0.2, 0) is 12.8 Å². The molecule has 0 bridgehead atoms. The number of benzene rings is 2. The molecule has 0 fully saturated rings. The van der Waals surface area contributed by atoms with Crippen LogP contribution in [0.4, 0.5) is 0 Å². The Morgan fingerprint density at radius 3 is 1.29 bits per heavy atom. The van der Waals surface area contributed by atoms with Gasteiger partial charge < -0.3 is 10.2 Å². The first-order valence-electron chi connectivity index (χ1n) is 10.6. The molecule has 0 radical (unpaired) electrons. The summed E-state index contributed by atoms with van der Waals surface area (Å²) in [4.78, 5) is 0. The van der Waals surface area contributed by atoms with Crippen molar-refractivity contribution < 1.29 is 10.2 Å². The van der Waals surface area contributed by atoms with Crippen LogP contribution >= 0.6 is 0 Å². The van der Waals surface area contributed by atoms with Gasteiger partial charge in [-0.25, -0.2) is 0 Å². The summed E-state index contributed by atoms with van der Waals surface area (Å²) in [7, 11) is -2.11. The zero-order valence-corrected chi connectivity index (χ0v) is 20.6. The first kappa shape index (κ1) is 22.8. The highest BCUT2D eigenvalue weighted by molar-refractivity contribution is 6.76. The van der Waals surface area contributed by atoms with Gasteiger partial charge >= 0.3 is 0 Å². The molecule has 154 valence electrons. The fourth-order valence-corrected chi connectivity index (χ4v) is 6.02. The lowest BCUT2D eigenvalue weighted by atomic mass is 9.97. The molecular weight excluding hydrogens is 376 g/mol. The molecule has 2 nitrogen and oxygen atoms in total. The van der Waals surface area contributed by atoms with Crippen LogP contribution in [0.3, 0.4) is 0 Å². The molecule has 0 saturated heterocycles. The fraction of sp³-hybridized carbons (Fsp3) is 0.500. The first-order chi connectivity index (χ1) is 12.9. The molecule has 0 atom stereocenters. The summed E-state index contributed by atoms with van der Waals surface area (Å²) in [5.41, 5.74) is 4.30. The molecule has 4 heteroatoms. The highest BCUT2D eigenvalue weighted by Gasteiger charge is 2.15. The zero-order chi connectivity index (χ0) is 20.9. The molecule has 2 N–H and O–H groups in total. The zero-order valence-electron chi connectivity index (χ0n) is 18.6. The van der Waals surface area contributed by atoms with E-state index in [0.717, 1.165) is 47.9 Å². The maximum absolute atomic E-state index is 10.3. The summed E-state index contributed by atoms with van der Waals surface area (Å²) in [6, 6.07) is 14.4. The van der Waals surface area contributed by atoms with Crippen LogP contribution in [-0.4, -0.2) is 26.4 Å². The molecular formula is C24H38O2Si2. The van der Waals surface area contributed by atoms with Crippen LogP contribution in [0.15, 0.2) is 36.4 Å². The first-order valence-corrected chi connectivity index (χ1v) is 18.0. The van der Waals surface area contributed by atoms with Crippen molar-refractivity contribution in [3.05, 3.63) is 47.5 Å². The van der Waals surface area contributed by atoms with E-state index < -0.39 is 16.1 Å². The van der Waals surface area contributed by atoms with Crippen molar-refractivity contribution in [3.63, 3.8) is 0 Å². The molecule has 0 amide bonds. The lowest BCUT2D eigenvalue weighted by molar-refractivity contribution is 0.467. The Morgan fingerprint density at radius 2 is 0.964 bits per heavy atom. The van der Waals surface area contributed by atoms with Crippen LogP contribution in [0.2, 0.25) is 51.4 Å². The maximum atomic E-state index is 10.3. The van der Waals surface area contributed by atoms with Gasteiger partial charge in [-0.15, -0.1) is 0 Å². The van der Waals surface area contributed by atoms with E-state index in [0.29, 0.717) is 11.5 Å². The predicted octanol–water partition coefficient (Wildman–Crippen LogP) is 7.31. The third-order valence-corrected chi connectivity index (χ3v) is 8.95. The van der Waals surface area contributed by atoms with Gasteiger partial charge in [-0.2, -0.15) is 0 Å². The molecule has 28 heavy (non-hydrogen) atoms. The summed E-state index contributed by atoms with van der Waals surface area (Å²) < 4.78 is 0. The van der Waals surface area contributed by atoms with Gasteiger partial charge in [0, 0.05) is 16.1 Å². The van der Waals surface area contributed by atoms with Gasteiger partial charge in [-0.3, -0.25) is 0 Å². The largest absolute Gasteiger partial charge is 0.508 e. The summed E-state index contributed by atoms with van der Waals surface area (Å²) in [5.74, 6) is 0.793. The summed E-state index contributed by atoms with van der Waals surface area (Å²) >= 11 is 0. The van der Waals surface area contributed by atoms with E-state index in [9.17, 15) is 10.2 Å². The lowest BCUT2D eigenvalue weighted by Gasteiger charge is -2.16. The molecule has 0 spiro atoms. The molecule has 0 aliphatic carbocycles. The lowest BCUT2D eigenvalue weighted by Crippen LogP contribution is -2.19. The average Bonchev–Trinajstić information content (AvgIpc) is 2.56. The molecule has 0 aliphatic heterocycles. The highest BCUT2D eigenvalue weighted by atomic mass is 28.3. The van der Waals surface area contributed by atoms with Crippen molar-refractivity contribution in [1.29, 1.82) is 0 Å². The van der Waals surface area contributed by atoms with Gasteiger partial charge in [-0.1, -0.05) is 76.3 Å². The molecule has 2 aromatic carbocycles. The number of phenolic OH excluding ortho intramolecular Hbond substituents is 2. The maximum Gasteiger partial charge on any atom is 0.118 e. The summed E-state index contributed by atoms with van der Waals surface area (Å²) in [6.07, 6.45) is 4.10. The third-order valence-electron chi connectivity index (χ3n) is 5.24. The molecule has 2 aromatic rings. The standard InChI is InChI=1S/C24H38O2Si2/c1-27(2,3)15-7-9-21-17-19(11-13-23(21)25)20-12-14-24(26)22(18-20)10-8-16-28(4,5)6/h11-14,17-18,25-26H,7-10,15-16H2,1-6H3. The Bertz CT molecular complexity index is 719. The molecule has 0 heterocycles. The molecule has 2 rings (SSSR count). The van der Waals surface area contributed by atoms with Gasteiger partial charge in [0.25, 0.3) is 0 Å². The average molecular weight is 415 g/mol. The van der Waals surface area contributed by atoms with Gasteiger partial charge in [0.2, 0.25) is 0 Å². The van der Waals surface area contributed by atoms with Gasteiger partial charge in [0.15, 0.2) is 0 Å². The van der Waals surface area contributed by atoms with E-state index in [1.54, 1.807) is 0 Å². The van der Waals surface area contributed by atoms with Crippen LogP contribution in [0, 0.1) is 0 Å². The second-order valence-electron chi connectivity index (χ2n) is 10.5. The second-order valence-corrected chi connectivity index (χ2v) is 21.8. The van der Waals surface area contributed by atoms with Gasteiger partial charge in [0.1, 0.15) is 11.5 Å². The minimum absolute atomic E-state index is 0.397. The normalized spacial score (nSPS) is 12.4. The monoisotopic (exact) mass is 414 g/mol. The van der Waals surface area contributed by atoms with E-state index in [1.807, 2.05) is 24.3 Å². The SMILES string of the molecule is C[Si](C)(C)CCCc1cc(-c2ccc(O)c(CCC[Si](C)(C)C)c2)ccc1O. The third kappa shape index (κ3) is 7.48. The second kappa shape index (κ2) is 9.31. The number of aryl methyl sites for hydroxylation is 2. The Hall–Kier alpha value is -1.53. The Morgan fingerprint density at radius 1 is 0.607 bits per heavy atom. The van der Waals surface area contributed by atoms with Crippen molar-refractivity contribution >= 4 is 16.1 Å². The van der Waals surface area contributed by atoms with Crippen LogP contribution in [0.1, 0.15) is 24.0 Å². The van der Waals surface area contributed by atoms with E-state index in [4.69, 9.17) is 0 Å². The quantitative estimate of drug-likeness (QED) is 0.422. The molecule has 0 unspecified atom stereocenters. The molecule has 0 aliphatic rings. The van der Waals surface area contributed by atoms with Crippen molar-refractivity contribution in [2.45, 2.75) is 77.1 Å². The predicted molar refractivity (Wildman–Crippen MR) is 128 cm³/mol. The van der Waals surface area contributed by atoms with Crippen LogP contribution < -0.4 is 0 Å². The van der Waals surface area contributed by atoms with Gasteiger partial charge in [-0.05, 0) is 59.4 Å². The fourth-order valence-electron chi connectivity index (χ4n) is 3.55. The number of rotatable bonds is 9. The number of hydrogen-bond acceptors (Lipinski definition) is 2. The van der Waals surface area contributed by atoms with E-state index >= 15 is 0 Å². The smallest absolute Gasteiger partial charge is 0.118 e. The summed E-state index contributed by atoms with van der Waals surface area (Å²) in [6.45, 7) is 14.4. The Balaban J connectivity index is 2.16. The Labute approximate surface area is 173 Å². The Kier molecular flexibility index (Phi) is 7.57. The number of hydrogen-bond donors (Lipinski definition) is 2. The van der Waals surface area contributed by atoms with E-state index in [2.05, 4.69) is 51.4 Å². The topological polar surface area (TPSA) is 40.5 Å². The van der Waals surface area contributed by atoms with E-state index in [-0.39, 0.29) is 0 Å². The van der Waals surface area contributed by atoms with Crippen molar-refractivity contribution in [2.24, 2.45) is 0 Å². The van der Waals surface area contributed by atoms with Gasteiger partial charge in [0.05, 0.1) is 0 Å².